The summed E-state index contributed by atoms with van der Waals surface area (Å²) in [6.45, 7) is 9.41. The topological polar surface area (TPSA) is 75.4 Å². The average molecular weight is 412 g/mol. The Kier molecular flexibility index (Phi) is 5.52. The van der Waals surface area contributed by atoms with Crippen LogP contribution >= 0.6 is 11.3 Å². The van der Waals surface area contributed by atoms with Crippen molar-refractivity contribution in [2.75, 3.05) is 18.4 Å². The zero-order valence-electron chi connectivity index (χ0n) is 16.9. The Bertz CT molecular complexity index is 1090. The Labute approximate surface area is 173 Å². The van der Waals surface area contributed by atoms with E-state index in [2.05, 4.69) is 29.0 Å². The van der Waals surface area contributed by atoms with Crippen LogP contribution in [0.4, 0.5) is 5.13 Å². The first-order chi connectivity index (χ1) is 13.9. The van der Waals surface area contributed by atoms with Crippen molar-refractivity contribution in [3.63, 3.8) is 0 Å². The number of likely N-dealkylation sites (tertiary alicyclic amines) is 1. The van der Waals surface area contributed by atoms with Crippen LogP contribution in [0.25, 0.3) is 11.0 Å². The summed E-state index contributed by atoms with van der Waals surface area (Å²) in [7, 11) is 0. The number of amides is 1. The molecule has 152 valence electrons. The molecule has 0 unspecified atom stereocenters. The van der Waals surface area contributed by atoms with E-state index in [4.69, 9.17) is 4.42 Å². The van der Waals surface area contributed by atoms with E-state index in [-0.39, 0.29) is 11.2 Å². The van der Waals surface area contributed by atoms with Gasteiger partial charge in [0.25, 0.3) is 5.91 Å². The Hall–Kier alpha value is -2.51. The lowest BCUT2D eigenvalue weighted by molar-refractivity contribution is 0.0997. The van der Waals surface area contributed by atoms with Crippen molar-refractivity contribution in [2.24, 2.45) is 11.8 Å². The minimum atomic E-state index is -0.467. The third-order valence-corrected chi connectivity index (χ3v) is 6.02. The van der Waals surface area contributed by atoms with Gasteiger partial charge in [0, 0.05) is 31.1 Å². The van der Waals surface area contributed by atoms with Gasteiger partial charge >= 0.3 is 0 Å². The molecule has 29 heavy (non-hydrogen) atoms. The van der Waals surface area contributed by atoms with E-state index >= 15 is 0 Å². The van der Waals surface area contributed by atoms with Crippen molar-refractivity contribution in [1.29, 1.82) is 0 Å². The fourth-order valence-electron chi connectivity index (χ4n) is 4.13. The summed E-state index contributed by atoms with van der Waals surface area (Å²) in [5.74, 6) is 0.903. The minimum Gasteiger partial charge on any atom is -0.451 e. The molecule has 2 atom stereocenters. The third-order valence-electron chi connectivity index (χ3n) is 5.21. The molecule has 4 rings (SSSR count). The van der Waals surface area contributed by atoms with Crippen LogP contribution in [-0.2, 0) is 6.54 Å². The van der Waals surface area contributed by atoms with Crippen LogP contribution in [0.3, 0.4) is 0 Å². The lowest BCUT2D eigenvalue weighted by Crippen LogP contribution is -2.38. The lowest BCUT2D eigenvalue weighted by atomic mass is 9.92. The smallest absolute Gasteiger partial charge is 0.293 e. The Balaban J connectivity index is 1.46. The van der Waals surface area contributed by atoms with E-state index in [9.17, 15) is 9.59 Å². The maximum Gasteiger partial charge on any atom is 0.293 e. The number of anilines is 1. The van der Waals surface area contributed by atoms with E-state index in [0.717, 1.165) is 30.9 Å². The first kappa shape index (κ1) is 19.8. The number of hydrogen-bond acceptors (Lipinski definition) is 6. The van der Waals surface area contributed by atoms with Crippen molar-refractivity contribution in [3.05, 3.63) is 56.9 Å². The van der Waals surface area contributed by atoms with Gasteiger partial charge in [-0.2, -0.15) is 0 Å². The SMILES string of the molecule is Cc1ccc2oc(C(=O)Nc3nc(CN4C[C@H](C)C[C@@H](C)C4)cs3)cc(=O)c2c1. The molecule has 0 saturated carbocycles. The molecule has 1 saturated heterocycles. The normalized spacial score (nSPS) is 20.1. The predicted molar refractivity (Wildman–Crippen MR) is 116 cm³/mol. The summed E-state index contributed by atoms with van der Waals surface area (Å²) in [5, 5.41) is 5.71. The van der Waals surface area contributed by atoms with Gasteiger partial charge in [0.05, 0.1) is 11.1 Å². The highest BCUT2D eigenvalue weighted by molar-refractivity contribution is 7.13. The Morgan fingerprint density at radius 2 is 2.03 bits per heavy atom. The van der Waals surface area contributed by atoms with E-state index < -0.39 is 5.91 Å². The molecule has 1 N–H and O–H groups in total. The molecule has 1 aromatic carbocycles. The molecule has 1 aliphatic heterocycles. The van der Waals surface area contributed by atoms with Crippen LogP contribution in [0, 0.1) is 18.8 Å². The zero-order chi connectivity index (χ0) is 20.5. The Morgan fingerprint density at radius 1 is 1.28 bits per heavy atom. The van der Waals surface area contributed by atoms with Gasteiger partial charge in [-0.1, -0.05) is 25.5 Å². The third kappa shape index (κ3) is 4.57. The molecule has 0 spiro atoms. The number of thiazole rings is 1. The number of nitrogens with one attached hydrogen (secondary N) is 1. The van der Waals surface area contributed by atoms with Crippen molar-refractivity contribution < 1.29 is 9.21 Å². The molecule has 3 aromatic rings. The molecule has 0 bridgehead atoms. The second kappa shape index (κ2) is 8.08. The number of carbonyl (C=O) groups is 1. The lowest BCUT2D eigenvalue weighted by Gasteiger charge is -2.34. The van der Waals surface area contributed by atoms with Gasteiger partial charge in [0.1, 0.15) is 5.58 Å². The number of piperidine rings is 1. The molecule has 7 heteroatoms. The highest BCUT2D eigenvalue weighted by Gasteiger charge is 2.22. The molecule has 3 heterocycles. The van der Waals surface area contributed by atoms with Gasteiger partial charge in [-0.25, -0.2) is 4.98 Å². The highest BCUT2D eigenvalue weighted by atomic mass is 32.1. The molecule has 1 aliphatic rings. The fraction of sp³-hybridized carbons (Fsp3) is 0.409. The maximum atomic E-state index is 12.6. The van der Waals surface area contributed by atoms with E-state index in [1.807, 2.05) is 18.4 Å². The number of nitrogens with zero attached hydrogens (tertiary/aromatic N) is 2. The predicted octanol–water partition coefficient (Wildman–Crippen LogP) is 4.29. The number of rotatable bonds is 4. The zero-order valence-corrected chi connectivity index (χ0v) is 17.7. The summed E-state index contributed by atoms with van der Waals surface area (Å²) in [4.78, 5) is 31.9. The van der Waals surface area contributed by atoms with Gasteiger partial charge in [-0.15, -0.1) is 11.3 Å². The largest absolute Gasteiger partial charge is 0.451 e. The number of aromatic nitrogens is 1. The standard InChI is InChI=1S/C22H25N3O3S/c1-13-4-5-19-17(7-13)18(26)8-20(28-19)21(27)24-22-23-16(12-29-22)11-25-9-14(2)6-15(3)10-25/h4-5,7-8,12,14-15H,6,9-11H2,1-3H3,(H,23,24,27)/t14-,15-/m1/s1. The van der Waals surface area contributed by atoms with E-state index in [1.165, 1.54) is 23.8 Å². The first-order valence-corrected chi connectivity index (χ1v) is 10.8. The van der Waals surface area contributed by atoms with Gasteiger partial charge in [0.15, 0.2) is 16.3 Å². The Morgan fingerprint density at radius 3 is 2.79 bits per heavy atom. The summed E-state index contributed by atoms with van der Waals surface area (Å²) in [5.41, 5.74) is 2.09. The number of fused-ring (bicyclic) bond motifs is 1. The fourth-order valence-corrected chi connectivity index (χ4v) is 4.82. The second-order valence-electron chi connectivity index (χ2n) is 8.21. The van der Waals surface area contributed by atoms with Crippen LogP contribution < -0.4 is 10.7 Å². The van der Waals surface area contributed by atoms with Crippen LogP contribution in [0.2, 0.25) is 0 Å². The van der Waals surface area contributed by atoms with Crippen LogP contribution in [0.1, 0.15) is 42.1 Å². The summed E-state index contributed by atoms with van der Waals surface area (Å²) < 4.78 is 5.64. The number of hydrogen-bond donors (Lipinski definition) is 1. The molecule has 6 nitrogen and oxygen atoms in total. The minimum absolute atomic E-state index is 0.0122. The van der Waals surface area contributed by atoms with Gasteiger partial charge in [0.2, 0.25) is 0 Å². The maximum absolute atomic E-state index is 12.6. The van der Waals surface area contributed by atoms with E-state index in [1.54, 1.807) is 12.1 Å². The number of aryl methyl sites for hydroxylation is 1. The van der Waals surface area contributed by atoms with Gasteiger partial charge in [-0.05, 0) is 37.3 Å². The molecular weight excluding hydrogens is 386 g/mol. The van der Waals surface area contributed by atoms with Crippen molar-refractivity contribution in [3.8, 4) is 0 Å². The number of carbonyl (C=O) groups excluding carboxylic acids is 1. The highest BCUT2D eigenvalue weighted by Crippen LogP contribution is 2.24. The van der Waals surface area contributed by atoms with Crippen LogP contribution in [0.5, 0.6) is 0 Å². The van der Waals surface area contributed by atoms with Crippen LogP contribution in [0.15, 0.2) is 38.9 Å². The first-order valence-electron chi connectivity index (χ1n) is 9.90. The van der Waals surface area contributed by atoms with E-state index in [0.29, 0.717) is 27.9 Å². The van der Waals surface area contributed by atoms with Gasteiger partial charge < -0.3 is 4.42 Å². The monoisotopic (exact) mass is 411 g/mol. The molecule has 2 aromatic heterocycles. The van der Waals surface area contributed by atoms with Crippen molar-refractivity contribution in [1.82, 2.24) is 9.88 Å². The van der Waals surface area contributed by atoms with Crippen LogP contribution in [-0.4, -0.2) is 28.9 Å². The molecule has 1 amide bonds. The summed E-state index contributed by atoms with van der Waals surface area (Å²) in [6, 6.07) is 6.56. The number of benzene rings is 1. The average Bonchev–Trinajstić information content (AvgIpc) is 3.08. The van der Waals surface area contributed by atoms with Crippen molar-refractivity contribution in [2.45, 2.75) is 33.7 Å². The quantitative estimate of drug-likeness (QED) is 0.693. The molecule has 1 fully saturated rings. The molecule has 0 aliphatic carbocycles. The van der Waals surface area contributed by atoms with Crippen molar-refractivity contribution >= 4 is 33.3 Å². The molecular formula is C22H25N3O3S. The summed E-state index contributed by atoms with van der Waals surface area (Å²) in [6.07, 6.45) is 1.27. The molecule has 0 radical (unpaired) electrons. The van der Waals surface area contributed by atoms with Gasteiger partial charge in [-0.3, -0.25) is 19.8 Å². The second-order valence-corrected chi connectivity index (χ2v) is 9.07. The summed E-state index contributed by atoms with van der Waals surface area (Å²) >= 11 is 1.38.